The number of nitrogens with zero attached hydrogens (tertiary/aromatic N) is 2. The number of aromatic nitrogens is 1. The third-order valence-corrected chi connectivity index (χ3v) is 5.78. The van der Waals surface area contributed by atoms with Gasteiger partial charge in [0.1, 0.15) is 37.4 Å². The summed E-state index contributed by atoms with van der Waals surface area (Å²) in [4.78, 5) is 25.8. The van der Waals surface area contributed by atoms with Crippen molar-refractivity contribution in [1.29, 1.82) is 0 Å². The minimum Gasteiger partial charge on any atom is -0.440 e. The van der Waals surface area contributed by atoms with Crippen LogP contribution in [-0.4, -0.2) is 62.7 Å². The summed E-state index contributed by atoms with van der Waals surface area (Å²) in [5.41, 5.74) is 1.25. The fraction of sp³-hybridized carbons (Fsp3) is 0.471. The van der Waals surface area contributed by atoms with Crippen molar-refractivity contribution >= 4 is 35.2 Å². The second-order valence-electron chi connectivity index (χ2n) is 7.64. The van der Waals surface area contributed by atoms with Gasteiger partial charge in [0, 0.05) is 11.2 Å². The first-order valence-electron chi connectivity index (χ1n) is 8.70. The maximum absolute atomic E-state index is 11.6. The molecule has 0 unspecified atom stereocenters. The van der Waals surface area contributed by atoms with Gasteiger partial charge in [-0.05, 0) is 18.2 Å². The fourth-order valence-corrected chi connectivity index (χ4v) is 4.97. The summed E-state index contributed by atoms with van der Waals surface area (Å²) < 4.78 is 5.74. The van der Waals surface area contributed by atoms with Gasteiger partial charge in [-0.15, -0.1) is 0 Å². The summed E-state index contributed by atoms with van der Waals surface area (Å²) >= 11 is 5.99. The standard InChI is InChI=1S/C17H18ClN5O2/c18-13-1-2-15-14(3-13)20-16(25-15)12(5-24)4-19-17-6-21-9-22(7-17)11-23(8-17)10-21/h1-5,12H,6-11H2/p+3/t12-/m0/s1. The molecule has 4 bridgehead atoms. The number of quaternary nitrogens is 3. The number of hydrogen-bond donors (Lipinski definition) is 3. The molecule has 4 aliphatic heterocycles. The van der Waals surface area contributed by atoms with Crippen LogP contribution in [0.1, 0.15) is 11.8 Å². The summed E-state index contributed by atoms with van der Waals surface area (Å²) in [6.45, 7) is 6.78. The second-order valence-corrected chi connectivity index (χ2v) is 8.08. The first kappa shape index (κ1) is 15.5. The van der Waals surface area contributed by atoms with Gasteiger partial charge >= 0.3 is 0 Å². The van der Waals surface area contributed by atoms with E-state index in [4.69, 9.17) is 21.0 Å². The second kappa shape index (κ2) is 5.60. The van der Waals surface area contributed by atoms with Crippen LogP contribution in [0.5, 0.6) is 0 Å². The molecular formula is C17H21ClN5O2+3. The van der Waals surface area contributed by atoms with Gasteiger partial charge in [-0.1, -0.05) is 11.6 Å². The van der Waals surface area contributed by atoms with E-state index in [9.17, 15) is 4.79 Å². The molecule has 4 saturated heterocycles. The zero-order valence-corrected chi connectivity index (χ0v) is 14.6. The van der Waals surface area contributed by atoms with Gasteiger partial charge in [-0.2, -0.15) is 0 Å². The lowest BCUT2D eigenvalue weighted by atomic mass is 9.91. The molecule has 130 valence electrons. The van der Waals surface area contributed by atoms with E-state index in [0.29, 0.717) is 22.0 Å². The monoisotopic (exact) mass is 362 g/mol. The van der Waals surface area contributed by atoms with E-state index < -0.39 is 5.92 Å². The summed E-state index contributed by atoms with van der Waals surface area (Å²) in [5.74, 6) is -0.173. The minimum atomic E-state index is -0.556. The van der Waals surface area contributed by atoms with Crippen LogP contribution in [0, 0.1) is 0 Å². The lowest BCUT2D eigenvalue weighted by Crippen LogP contribution is -3.56. The van der Waals surface area contributed by atoms with Crippen LogP contribution in [-0.2, 0) is 4.79 Å². The largest absolute Gasteiger partial charge is 0.440 e. The molecule has 8 heteroatoms. The Balaban J connectivity index is 1.42. The van der Waals surface area contributed by atoms with Gasteiger partial charge < -0.3 is 9.21 Å². The molecule has 0 aliphatic carbocycles. The van der Waals surface area contributed by atoms with E-state index in [-0.39, 0.29) is 5.54 Å². The number of aldehydes is 1. The van der Waals surface area contributed by atoms with Crippen molar-refractivity contribution < 1.29 is 23.9 Å². The van der Waals surface area contributed by atoms with Crippen molar-refractivity contribution in [2.45, 2.75) is 11.5 Å². The normalized spacial score (nSPS) is 34.8. The van der Waals surface area contributed by atoms with E-state index in [1.54, 1.807) is 39.1 Å². The number of carbonyl (C=O) groups excluding carboxylic acids is 1. The Kier molecular flexibility index (Phi) is 3.46. The smallest absolute Gasteiger partial charge is 0.213 e. The molecule has 3 N–H and O–H groups in total. The van der Waals surface area contributed by atoms with Gasteiger partial charge in [0.25, 0.3) is 0 Å². The molecule has 0 amide bonds. The van der Waals surface area contributed by atoms with Gasteiger partial charge in [-0.25, -0.2) is 19.7 Å². The number of nitrogens with one attached hydrogen (secondary N) is 3. The van der Waals surface area contributed by atoms with Crippen molar-refractivity contribution in [3.63, 3.8) is 0 Å². The van der Waals surface area contributed by atoms with Crippen molar-refractivity contribution in [3.8, 4) is 0 Å². The number of fused-ring (bicyclic) bond motifs is 1. The van der Waals surface area contributed by atoms with E-state index in [1.165, 1.54) is 20.0 Å². The molecule has 4 aliphatic rings. The lowest BCUT2D eigenvalue weighted by Gasteiger charge is -2.50. The molecule has 2 aromatic rings. The van der Waals surface area contributed by atoms with Crippen LogP contribution in [0.2, 0.25) is 5.02 Å². The van der Waals surface area contributed by atoms with Crippen molar-refractivity contribution in [3.05, 3.63) is 29.1 Å². The lowest BCUT2D eigenvalue weighted by molar-refractivity contribution is -1.29. The Morgan fingerprint density at radius 1 is 1.20 bits per heavy atom. The van der Waals surface area contributed by atoms with Gasteiger partial charge in [-0.3, -0.25) is 4.99 Å². The average Bonchev–Trinajstić information content (AvgIpc) is 2.97. The quantitative estimate of drug-likeness (QED) is 0.405. The van der Waals surface area contributed by atoms with Crippen LogP contribution >= 0.6 is 11.6 Å². The van der Waals surface area contributed by atoms with Gasteiger partial charge in [0.2, 0.25) is 31.4 Å². The summed E-state index contributed by atoms with van der Waals surface area (Å²) in [6.07, 6.45) is 2.60. The summed E-state index contributed by atoms with van der Waals surface area (Å²) in [7, 11) is 0. The highest BCUT2D eigenvalue weighted by molar-refractivity contribution is 6.31. The Bertz CT molecular complexity index is 829. The van der Waals surface area contributed by atoms with E-state index in [2.05, 4.69) is 4.98 Å². The van der Waals surface area contributed by atoms with E-state index in [0.717, 1.165) is 25.9 Å². The van der Waals surface area contributed by atoms with Crippen LogP contribution in [0.25, 0.3) is 11.1 Å². The number of hydrogen-bond acceptors (Lipinski definition) is 4. The molecule has 0 saturated carbocycles. The van der Waals surface area contributed by atoms with Gasteiger partial charge in [0.15, 0.2) is 5.58 Å². The number of benzene rings is 1. The molecule has 5 heterocycles. The van der Waals surface area contributed by atoms with E-state index >= 15 is 0 Å². The van der Waals surface area contributed by atoms with E-state index in [1.807, 2.05) is 0 Å². The van der Waals surface area contributed by atoms with Crippen LogP contribution in [0.15, 0.2) is 27.6 Å². The minimum absolute atomic E-state index is 0.0503. The Hall–Kier alpha value is -1.80. The number of rotatable bonds is 4. The van der Waals surface area contributed by atoms with Crippen LogP contribution in [0.4, 0.5) is 0 Å². The van der Waals surface area contributed by atoms with Crippen LogP contribution < -0.4 is 14.7 Å². The molecular weight excluding hydrogens is 342 g/mol. The molecule has 1 aromatic heterocycles. The van der Waals surface area contributed by atoms with Gasteiger partial charge in [0.05, 0.1) is 0 Å². The predicted octanol–water partition coefficient (Wildman–Crippen LogP) is -2.86. The third kappa shape index (κ3) is 2.67. The topological polar surface area (TPSA) is 68.8 Å². The Morgan fingerprint density at radius 3 is 2.52 bits per heavy atom. The number of oxazole rings is 1. The average molecular weight is 363 g/mol. The number of aliphatic imine (C=N–C) groups is 1. The number of halogens is 1. The molecule has 4 fully saturated rings. The van der Waals surface area contributed by atoms with Crippen molar-refractivity contribution in [1.82, 2.24) is 4.98 Å². The fourth-order valence-electron chi connectivity index (χ4n) is 4.80. The molecule has 7 nitrogen and oxygen atoms in total. The highest BCUT2D eigenvalue weighted by Crippen LogP contribution is 2.23. The Labute approximate surface area is 149 Å². The number of carbonyl (C=O) groups is 1. The summed E-state index contributed by atoms with van der Waals surface area (Å²) in [6, 6.07) is 5.27. The van der Waals surface area contributed by atoms with Crippen molar-refractivity contribution in [2.24, 2.45) is 4.99 Å². The van der Waals surface area contributed by atoms with Crippen molar-refractivity contribution in [2.75, 3.05) is 39.6 Å². The first-order valence-corrected chi connectivity index (χ1v) is 9.08. The maximum Gasteiger partial charge on any atom is 0.213 e. The molecule has 0 spiro atoms. The first-order chi connectivity index (χ1) is 12.1. The molecule has 25 heavy (non-hydrogen) atoms. The zero-order chi connectivity index (χ0) is 17.0. The highest BCUT2D eigenvalue weighted by Gasteiger charge is 2.57. The third-order valence-electron chi connectivity index (χ3n) is 5.54. The Morgan fingerprint density at radius 2 is 1.88 bits per heavy atom. The highest BCUT2D eigenvalue weighted by atomic mass is 35.5. The molecule has 1 atom stereocenters. The van der Waals surface area contributed by atoms with Crippen LogP contribution in [0.3, 0.4) is 0 Å². The zero-order valence-electron chi connectivity index (χ0n) is 13.8. The molecule has 1 aromatic carbocycles. The molecule has 6 rings (SSSR count). The molecule has 0 radical (unpaired) electrons. The SMILES string of the molecule is O=C[C@H](C=NC12C[NH+]3C[NH+](C[NH+](C3)C1)C2)c1nc2cc(Cl)ccc2o1. The predicted molar refractivity (Wildman–Crippen MR) is 91.1 cm³/mol. The summed E-state index contributed by atoms with van der Waals surface area (Å²) in [5, 5.41) is 0.600. The maximum atomic E-state index is 11.6.